The second-order valence-electron chi connectivity index (χ2n) is 6.00. The summed E-state index contributed by atoms with van der Waals surface area (Å²) in [6, 6.07) is 6.61. The number of hydrogen-bond donors (Lipinski definition) is 2. The van der Waals surface area contributed by atoms with Gasteiger partial charge in [-0.05, 0) is 12.1 Å². The van der Waals surface area contributed by atoms with Crippen molar-refractivity contribution in [3.63, 3.8) is 0 Å². The zero-order chi connectivity index (χ0) is 18.3. The molecular formula is C17H16ClFN6O. The molecule has 0 amide bonds. The van der Waals surface area contributed by atoms with Gasteiger partial charge >= 0.3 is 0 Å². The van der Waals surface area contributed by atoms with Gasteiger partial charge in [0, 0.05) is 25.2 Å². The van der Waals surface area contributed by atoms with E-state index in [4.69, 9.17) is 22.1 Å². The molecule has 1 fully saturated rings. The molecule has 26 heavy (non-hydrogen) atoms. The Balaban J connectivity index is 1.80. The van der Waals surface area contributed by atoms with Crippen molar-refractivity contribution < 1.29 is 9.13 Å². The lowest BCUT2D eigenvalue weighted by Crippen LogP contribution is -2.56. The normalized spacial score (nSPS) is 14.4. The lowest BCUT2D eigenvalue weighted by Gasteiger charge is -2.38. The average Bonchev–Trinajstić information content (AvgIpc) is 2.62. The fourth-order valence-corrected chi connectivity index (χ4v) is 3.01. The number of halogens is 2. The molecule has 9 heteroatoms. The first-order valence-corrected chi connectivity index (χ1v) is 8.36. The molecule has 0 aliphatic carbocycles. The highest BCUT2D eigenvalue weighted by Gasteiger charge is 2.28. The van der Waals surface area contributed by atoms with E-state index in [9.17, 15) is 4.39 Å². The van der Waals surface area contributed by atoms with E-state index in [-0.39, 0.29) is 16.8 Å². The Morgan fingerprint density at radius 2 is 2.15 bits per heavy atom. The van der Waals surface area contributed by atoms with Crippen molar-refractivity contribution in [2.24, 2.45) is 5.73 Å². The molecular weight excluding hydrogens is 359 g/mol. The number of nitrogens with zero attached hydrogens (tertiary/aromatic N) is 4. The molecule has 0 radical (unpaired) electrons. The first kappa shape index (κ1) is 16.7. The van der Waals surface area contributed by atoms with Crippen LogP contribution in [-0.4, -0.2) is 41.2 Å². The summed E-state index contributed by atoms with van der Waals surface area (Å²) in [6.07, 6.45) is 1.38. The molecule has 3 heterocycles. The molecule has 0 atom stereocenters. The highest BCUT2D eigenvalue weighted by atomic mass is 35.5. The molecule has 2 aromatic heterocycles. The standard InChI is InChI=1S/C17H16ClFN6O/c1-26-13-5-12-15(24-17(13)25-6-9(20)7-25)16(22-8-21-12)23-11-4-2-3-10(18)14(11)19/h2-5,8-9H,6-7,20H2,1H3,(H,21,22,23). The summed E-state index contributed by atoms with van der Waals surface area (Å²) in [4.78, 5) is 15.1. The van der Waals surface area contributed by atoms with Crippen LogP contribution in [0.25, 0.3) is 11.0 Å². The second-order valence-corrected chi connectivity index (χ2v) is 6.40. The Hall–Kier alpha value is -2.71. The minimum Gasteiger partial charge on any atom is -0.493 e. The number of pyridine rings is 1. The van der Waals surface area contributed by atoms with Gasteiger partial charge in [0.05, 0.1) is 23.3 Å². The highest BCUT2D eigenvalue weighted by Crippen LogP contribution is 2.34. The van der Waals surface area contributed by atoms with Crippen molar-refractivity contribution in [2.45, 2.75) is 6.04 Å². The molecule has 0 unspecified atom stereocenters. The van der Waals surface area contributed by atoms with Crippen LogP contribution in [0.4, 0.5) is 21.7 Å². The highest BCUT2D eigenvalue weighted by molar-refractivity contribution is 6.31. The Morgan fingerprint density at radius 3 is 2.88 bits per heavy atom. The van der Waals surface area contributed by atoms with Crippen molar-refractivity contribution in [2.75, 3.05) is 30.4 Å². The van der Waals surface area contributed by atoms with Crippen LogP contribution in [0.15, 0.2) is 30.6 Å². The maximum Gasteiger partial charge on any atom is 0.172 e. The monoisotopic (exact) mass is 374 g/mol. The number of aromatic nitrogens is 3. The van der Waals surface area contributed by atoms with Gasteiger partial charge in [0.1, 0.15) is 11.8 Å². The van der Waals surface area contributed by atoms with Gasteiger partial charge < -0.3 is 20.7 Å². The Kier molecular flexibility index (Phi) is 4.21. The van der Waals surface area contributed by atoms with E-state index in [0.717, 1.165) is 0 Å². The number of nitrogens with one attached hydrogen (secondary N) is 1. The summed E-state index contributed by atoms with van der Waals surface area (Å²) in [7, 11) is 1.58. The topological polar surface area (TPSA) is 89.2 Å². The number of rotatable bonds is 4. The SMILES string of the molecule is COc1cc2ncnc(Nc3cccc(Cl)c3F)c2nc1N1CC(N)C1. The van der Waals surface area contributed by atoms with Crippen molar-refractivity contribution in [3.05, 3.63) is 41.4 Å². The number of methoxy groups -OCH3 is 1. The maximum atomic E-state index is 14.2. The zero-order valence-corrected chi connectivity index (χ0v) is 14.7. The van der Waals surface area contributed by atoms with Crippen LogP contribution >= 0.6 is 11.6 Å². The summed E-state index contributed by atoms with van der Waals surface area (Å²) in [5, 5.41) is 2.97. The average molecular weight is 375 g/mol. The van der Waals surface area contributed by atoms with E-state index in [1.807, 2.05) is 4.90 Å². The van der Waals surface area contributed by atoms with Crippen LogP contribution in [0, 0.1) is 5.82 Å². The van der Waals surface area contributed by atoms with Crippen LogP contribution < -0.4 is 20.7 Å². The number of ether oxygens (including phenoxy) is 1. The van der Waals surface area contributed by atoms with Gasteiger partial charge in [0.25, 0.3) is 0 Å². The molecule has 3 aromatic rings. The maximum absolute atomic E-state index is 14.2. The molecule has 3 N–H and O–H groups in total. The van der Waals surface area contributed by atoms with E-state index >= 15 is 0 Å². The quantitative estimate of drug-likeness (QED) is 0.725. The van der Waals surface area contributed by atoms with Gasteiger partial charge in [-0.1, -0.05) is 17.7 Å². The molecule has 1 saturated heterocycles. The minimum absolute atomic E-state index is 0.0262. The number of nitrogens with two attached hydrogens (primary N) is 1. The first-order valence-electron chi connectivity index (χ1n) is 7.98. The van der Waals surface area contributed by atoms with Crippen molar-refractivity contribution in [1.29, 1.82) is 0 Å². The third-order valence-corrected chi connectivity index (χ3v) is 4.48. The molecule has 0 saturated carbocycles. The van der Waals surface area contributed by atoms with Crippen LogP contribution in [0.1, 0.15) is 0 Å². The summed E-state index contributed by atoms with van der Waals surface area (Å²) in [5.74, 6) is 1.09. The van der Waals surface area contributed by atoms with Crippen molar-refractivity contribution in [1.82, 2.24) is 15.0 Å². The van der Waals surface area contributed by atoms with E-state index < -0.39 is 5.82 Å². The van der Waals surface area contributed by atoms with Gasteiger partial charge in [0.2, 0.25) is 0 Å². The van der Waals surface area contributed by atoms with E-state index in [0.29, 0.717) is 41.5 Å². The van der Waals surface area contributed by atoms with Crippen LogP contribution in [0.3, 0.4) is 0 Å². The molecule has 4 rings (SSSR count). The third-order valence-electron chi connectivity index (χ3n) is 4.19. The Morgan fingerprint density at radius 1 is 1.35 bits per heavy atom. The van der Waals surface area contributed by atoms with Gasteiger partial charge in [-0.15, -0.1) is 0 Å². The smallest absolute Gasteiger partial charge is 0.172 e. The molecule has 1 aliphatic heterocycles. The third kappa shape index (κ3) is 2.87. The lowest BCUT2D eigenvalue weighted by atomic mass is 10.1. The van der Waals surface area contributed by atoms with E-state index in [1.165, 1.54) is 12.4 Å². The molecule has 134 valence electrons. The minimum atomic E-state index is -0.552. The summed E-state index contributed by atoms with van der Waals surface area (Å²) in [5.41, 5.74) is 7.16. The number of fused-ring (bicyclic) bond motifs is 1. The number of hydrogen-bond acceptors (Lipinski definition) is 7. The van der Waals surface area contributed by atoms with Crippen LogP contribution in [-0.2, 0) is 0 Å². The number of anilines is 3. The van der Waals surface area contributed by atoms with Crippen molar-refractivity contribution >= 4 is 40.0 Å². The molecule has 1 aromatic carbocycles. The Bertz CT molecular complexity index is 979. The van der Waals surface area contributed by atoms with E-state index in [2.05, 4.69) is 20.3 Å². The fraction of sp³-hybridized carbons (Fsp3) is 0.235. The molecule has 7 nitrogen and oxygen atoms in total. The number of benzene rings is 1. The zero-order valence-electron chi connectivity index (χ0n) is 13.9. The van der Waals surface area contributed by atoms with Gasteiger partial charge in [-0.25, -0.2) is 19.3 Å². The largest absolute Gasteiger partial charge is 0.493 e. The summed E-state index contributed by atoms with van der Waals surface area (Å²) >= 11 is 5.85. The molecule has 0 spiro atoms. The first-order chi connectivity index (χ1) is 12.6. The molecule has 1 aliphatic rings. The van der Waals surface area contributed by atoms with Gasteiger partial charge in [0.15, 0.2) is 23.2 Å². The second kappa shape index (κ2) is 6.54. The summed E-state index contributed by atoms with van der Waals surface area (Å²) < 4.78 is 19.7. The van der Waals surface area contributed by atoms with Crippen LogP contribution in [0.2, 0.25) is 5.02 Å². The van der Waals surface area contributed by atoms with E-state index in [1.54, 1.807) is 25.3 Å². The lowest BCUT2D eigenvalue weighted by molar-refractivity contribution is 0.407. The van der Waals surface area contributed by atoms with Crippen molar-refractivity contribution in [3.8, 4) is 5.75 Å². The molecule has 0 bridgehead atoms. The predicted octanol–water partition coefficient (Wildman–Crippen LogP) is 2.72. The van der Waals surface area contributed by atoms with Crippen LogP contribution in [0.5, 0.6) is 5.75 Å². The fourth-order valence-electron chi connectivity index (χ4n) is 2.84. The Labute approximate surface area is 154 Å². The van der Waals surface area contributed by atoms with Gasteiger partial charge in [-0.3, -0.25) is 0 Å². The summed E-state index contributed by atoms with van der Waals surface area (Å²) in [6.45, 7) is 1.38. The predicted molar refractivity (Wildman–Crippen MR) is 98.8 cm³/mol. The van der Waals surface area contributed by atoms with Gasteiger partial charge in [-0.2, -0.15) is 0 Å².